The van der Waals surface area contributed by atoms with Crippen molar-refractivity contribution in [3.05, 3.63) is 59.9 Å². The van der Waals surface area contributed by atoms with Crippen LogP contribution in [0.3, 0.4) is 0 Å². The van der Waals surface area contributed by atoms with E-state index in [0.717, 1.165) is 28.8 Å². The van der Waals surface area contributed by atoms with Gasteiger partial charge in [0.2, 0.25) is 11.8 Å². The fraction of sp³-hybridized carbons (Fsp3) is 0.318. The van der Waals surface area contributed by atoms with Crippen molar-refractivity contribution in [1.29, 1.82) is 0 Å². The highest BCUT2D eigenvalue weighted by Gasteiger charge is 2.14. The summed E-state index contributed by atoms with van der Waals surface area (Å²) in [6.45, 7) is 2.81. The van der Waals surface area contributed by atoms with Gasteiger partial charge in [0.15, 0.2) is 0 Å². The van der Waals surface area contributed by atoms with Gasteiger partial charge in [0.1, 0.15) is 18.1 Å². The molecule has 0 bridgehead atoms. The molecule has 7 heteroatoms. The number of nitrogens with one attached hydrogen (secondary N) is 2. The molecule has 3 aromatic rings. The Morgan fingerprint density at radius 3 is 2.45 bits per heavy atom. The van der Waals surface area contributed by atoms with Crippen LogP contribution < -0.4 is 15.4 Å². The van der Waals surface area contributed by atoms with Crippen LogP contribution in [0, 0.1) is 0 Å². The van der Waals surface area contributed by atoms with E-state index >= 15 is 0 Å². The average Bonchev–Trinajstić information content (AvgIpc) is 3.09. The molecule has 0 atom stereocenters. The molecule has 1 heterocycles. The number of amides is 2. The highest BCUT2D eigenvalue weighted by molar-refractivity contribution is 5.81. The molecule has 2 N–H and O–H groups in total. The smallest absolute Gasteiger partial charge is 0.240 e. The summed E-state index contributed by atoms with van der Waals surface area (Å²) in [4.78, 5) is 29.0. The third-order valence-electron chi connectivity index (χ3n) is 4.60. The van der Waals surface area contributed by atoms with Gasteiger partial charge in [-0.25, -0.2) is 4.98 Å². The van der Waals surface area contributed by atoms with Gasteiger partial charge in [0.25, 0.3) is 0 Å². The second-order valence-electron chi connectivity index (χ2n) is 6.75. The van der Waals surface area contributed by atoms with E-state index in [1.54, 1.807) is 7.11 Å². The predicted octanol–water partition coefficient (Wildman–Crippen LogP) is 2.78. The zero-order valence-corrected chi connectivity index (χ0v) is 16.8. The fourth-order valence-corrected chi connectivity index (χ4v) is 3.07. The average molecular weight is 394 g/mol. The van der Waals surface area contributed by atoms with E-state index in [9.17, 15) is 9.59 Å². The maximum Gasteiger partial charge on any atom is 0.240 e. The van der Waals surface area contributed by atoms with Crippen LogP contribution in [0.15, 0.2) is 48.5 Å². The highest BCUT2D eigenvalue weighted by Crippen LogP contribution is 2.16. The Labute approximate surface area is 170 Å². The summed E-state index contributed by atoms with van der Waals surface area (Å²) in [7, 11) is 1.62. The zero-order chi connectivity index (χ0) is 20.6. The third-order valence-corrected chi connectivity index (χ3v) is 4.60. The molecule has 2 aromatic carbocycles. The van der Waals surface area contributed by atoms with E-state index in [1.807, 2.05) is 60.0 Å². The van der Waals surface area contributed by atoms with E-state index in [4.69, 9.17) is 4.74 Å². The van der Waals surface area contributed by atoms with Crippen LogP contribution >= 0.6 is 0 Å². The molecule has 0 saturated carbocycles. The second kappa shape index (κ2) is 9.73. The Morgan fingerprint density at radius 2 is 1.72 bits per heavy atom. The Kier molecular flexibility index (Phi) is 6.84. The minimum atomic E-state index is -0.120. The number of methoxy groups -OCH3 is 1. The van der Waals surface area contributed by atoms with Gasteiger partial charge in [-0.05, 0) is 36.2 Å². The van der Waals surface area contributed by atoms with Crippen molar-refractivity contribution >= 4 is 22.8 Å². The molecule has 2 amide bonds. The predicted molar refractivity (Wildman–Crippen MR) is 111 cm³/mol. The number of carbonyl (C=O) groups excluding carboxylic acids is 2. The van der Waals surface area contributed by atoms with E-state index in [1.165, 1.54) is 0 Å². The van der Waals surface area contributed by atoms with Crippen LogP contribution in [0.2, 0.25) is 0 Å². The Balaban J connectivity index is 1.69. The fourth-order valence-electron chi connectivity index (χ4n) is 3.07. The summed E-state index contributed by atoms with van der Waals surface area (Å²) >= 11 is 0. The maximum atomic E-state index is 12.6. The lowest BCUT2D eigenvalue weighted by molar-refractivity contribution is -0.122. The normalized spacial score (nSPS) is 10.7. The number of aromatic nitrogens is 2. The van der Waals surface area contributed by atoms with E-state index < -0.39 is 0 Å². The molecule has 0 radical (unpaired) electrons. The van der Waals surface area contributed by atoms with E-state index in [0.29, 0.717) is 25.3 Å². The molecular formula is C22H26N4O3. The van der Waals surface area contributed by atoms with Gasteiger partial charge in [-0.1, -0.05) is 31.2 Å². The largest absolute Gasteiger partial charge is 0.497 e. The van der Waals surface area contributed by atoms with Gasteiger partial charge in [0, 0.05) is 13.0 Å². The number of nitrogens with zero attached hydrogens (tertiary/aromatic N) is 2. The molecule has 152 valence electrons. The lowest BCUT2D eigenvalue weighted by Crippen LogP contribution is -2.29. The summed E-state index contributed by atoms with van der Waals surface area (Å²) in [6.07, 6.45) is 1.26. The maximum absolute atomic E-state index is 12.6. The van der Waals surface area contributed by atoms with Crippen LogP contribution in [0.25, 0.3) is 11.0 Å². The SMILES string of the molecule is CCCC(=O)NCc1nc2ccccc2n1CC(=O)NCc1ccc(OC)cc1. The van der Waals surface area contributed by atoms with Gasteiger partial charge in [-0.2, -0.15) is 0 Å². The number of para-hydroxylation sites is 2. The number of imidazole rings is 1. The van der Waals surface area contributed by atoms with Crippen LogP contribution in [-0.4, -0.2) is 28.5 Å². The molecule has 29 heavy (non-hydrogen) atoms. The molecule has 0 fully saturated rings. The lowest BCUT2D eigenvalue weighted by Gasteiger charge is -2.11. The van der Waals surface area contributed by atoms with Crippen LogP contribution in [0.4, 0.5) is 0 Å². The molecule has 3 rings (SSSR count). The molecule has 7 nitrogen and oxygen atoms in total. The van der Waals surface area contributed by atoms with Crippen molar-refractivity contribution in [2.24, 2.45) is 0 Å². The molecule has 0 aliphatic rings. The summed E-state index contributed by atoms with van der Waals surface area (Å²) in [6, 6.07) is 15.2. The summed E-state index contributed by atoms with van der Waals surface area (Å²) in [5.74, 6) is 1.30. The number of fused-ring (bicyclic) bond motifs is 1. The quantitative estimate of drug-likeness (QED) is 0.584. The van der Waals surface area contributed by atoms with Crippen molar-refractivity contribution < 1.29 is 14.3 Å². The van der Waals surface area contributed by atoms with E-state index in [-0.39, 0.29) is 18.4 Å². The van der Waals surface area contributed by atoms with Gasteiger partial charge >= 0.3 is 0 Å². The lowest BCUT2D eigenvalue weighted by atomic mass is 10.2. The van der Waals surface area contributed by atoms with Gasteiger partial charge in [-0.3, -0.25) is 9.59 Å². The molecule has 0 aliphatic heterocycles. The second-order valence-corrected chi connectivity index (χ2v) is 6.75. The number of hydrogen-bond donors (Lipinski definition) is 2. The first-order chi connectivity index (χ1) is 14.1. The number of rotatable bonds is 9. The molecule has 0 saturated heterocycles. The summed E-state index contributed by atoms with van der Waals surface area (Å²) < 4.78 is 7.00. The van der Waals surface area contributed by atoms with Crippen molar-refractivity contribution in [1.82, 2.24) is 20.2 Å². The first-order valence-electron chi connectivity index (χ1n) is 9.71. The van der Waals surface area contributed by atoms with Gasteiger partial charge in [0.05, 0.1) is 24.7 Å². The number of carbonyl (C=O) groups is 2. The topological polar surface area (TPSA) is 85.2 Å². The number of benzene rings is 2. The monoisotopic (exact) mass is 394 g/mol. The number of ether oxygens (including phenoxy) is 1. The minimum absolute atomic E-state index is 0.0185. The minimum Gasteiger partial charge on any atom is -0.497 e. The first kappa shape index (κ1) is 20.4. The Hall–Kier alpha value is -3.35. The molecule has 0 aliphatic carbocycles. The van der Waals surface area contributed by atoms with Crippen molar-refractivity contribution in [3.8, 4) is 5.75 Å². The number of hydrogen-bond acceptors (Lipinski definition) is 4. The van der Waals surface area contributed by atoms with Crippen molar-refractivity contribution in [2.75, 3.05) is 7.11 Å². The van der Waals surface area contributed by atoms with Gasteiger partial charge < -0.3 is 19.9 Å². The van der Waals surface area contributed by atoms with Crippen LogP contribution in [0.1, 0.15) is 31.2 Å². The summed E-state index contributed by atoms with van der Waals surface area (Å²) in [5.41, 5.74) is 2.66. The molecule has 0 unspecified atom stereocenters. The van der Waals surface area contributed by atoms with E-state index in [2.05, 4.69) is 15.6 Å². The highest BCUT2D eigenvalue weighted by atomic mass is 16.5. The first-order valence-corrected chi connectivity index (χ1v) is 9.71. The Bertz CT molecular complexity index is 979. The zero-order valence-electron chi connectivity index (χ0n) is 16.8. The standard InChI is InChI=1S/C22H26N4O3/c1-3-6-21(27)24-14-20-25-18-7-4-5-8-19(18)26(20)15-22(28)23-13-16-9-11-17(29-2)12-10-16/h4-5,7-12H,3,6,13-15H2,1-2H3,(H,23,28)(H,24,27). The Morgan fingerprint density at radius 1 is 1.00 bits per heavy atom. The summed E-state index contributed by atoms with van der Waals surface area (Å²) in [5, 5.41) is 5.81. The third kappa shape index (κ3) is 5.34. The van der Waals surface area contributed by atoms with Crippen LogP contribution in [0.5, 0.6) is 5.75 Å². The molecular weight excluding hydrogens is 368 g/mol. The van der Waals surface area contributed by atoms with Gasteiger partial charge in [-0.15, -0.1) is 0 Å². The molecule has 1 aromatic heterocycles. The van der Waals surface area contributed by atoms with Crippen molar-refractivity contribution in [3.63, 3.8) is 0 Å². The van der Waals surface area contributed by atoms with Crippen LogP contribution in [-0.2, 0) is 29.2 Å². The van der Waals surface area contributed by atoms with Crippen molar-refractivity contribution in [2.45, 2.75) is 39.4 Å². The molecule has 0 spiro atoms.